The van der Waals surface area contributed by atoms with Gasteiger partial charge in [-0.1, -0.05) is 18.2 Å². The first-order valence-electron chi connectivity index (χ1n) is 4.91. The predicted molar refractivity (Wildman–Crippen MR) is 56.5 cm³/mol. The van der Waals surface area contributed by atoms with Crippen LogP contribution in [0.3, 0.4) is 0 Å². The Labute approximate surface area is 97.6 Å². The fourth-order valence-electron chi connectivity index (χ4n) is 1.45. The molecule has 0 unspecified atom stereocenters. The first kappa shape index (κ1) is 11.3. The summed E-state index contributed by atoms with van der Waals surface area (Å²) in [6, 6.07) is 8.49. The number of hydrogen-bond donors (Lipinski definition) is 0. The molecular weight excluding hydrogens is 224 g/mol. The highest BCUT2D eigenvalue weighted by Gasteiger charge is 2.42. The molecule has 0 saturated heterocycles. The Kier molecular flexibility index (Phi) is 2.93. The summed E-state index contributed by atoms with van der Waals surface area (Å²) in [6.45, 7) is 0. The molecule has 5 heteroatoms. The van der Waals surface area contributed by atoms with E-state index in [4.69, 9.17) is 14.2 Å². The lowest BCUT2D eigenvalue weighted by Gasteiger charge is -2.28. The fraction of sp³-hybridized carbons (Fsp3) is 0.167. The van der Waals surface area contributed by atoms with Crippen LogP contribution in [-0.2, 0) is 29.8 Å². The van der Waals surface area contributed by atoms with E-state index in [0.717, 1.165) is 12.2 Å². The maximum Gasteiger partial charge on any atom is 0.405 e. The molecule has 1 aromatic carbocycles. The minimum absolute atomic E-state index is 0.424. The van der Waals surface area contributed by atoms with Crippen LogP contribution in [0.1, 0.15) is 5.56 Å². The first-order chi connectivity index (χ1) is 8.16. The molecule has 0 aliphatic carbocycles. The number of esters is 2. The van der Waals surface area contributed by atoms with Crippen LogP contribution in [0.4, 0.5) is 0 Å². The molecule has 5 nitrogen and oxygen atoms in total. The molecule has 1 aromatic rings. The minimum Gasteiger partial charge on any atom is -0.391 e. The Bertz CT molecular complexity index is 443. The molecular formula is C12H10O5. The van der Waals surface area contributed by atoms with E-state index < -0.39 is 17.9 Å². The average molecular weight is 234 g/mol. The summed E-state index contributed by atoms with van der Waals surface area (Å²) in [7, 11) is 1.29. The van der Waals surface area contributed by atoms with Gasteiger partial charge in [0, 0.05) is 19.3 Å². The lowest BCUT2D eigenvalue weighted by molar-refractivity contribution is -0.342. The maximum atomic E-state index is 11.4. The van der Waals surface area contributed by atoms with Crippen LogP contribution in [0.15, 0.2) is 42.5 Å². The van der Waals surface area contributed by atoms with E-state index in [0.29, 0.717) is 5.56 Å². The van der Waals surface area contributed by atoms with E-state index in [9.17, 15) is 9.59 Å². The Morgan fingerprint density at radius 3 is 2.00 bits per heavy atom. The fourth-order valence-corrected chi connectivity index (χ4v) is 1.45. The SMILES string of the molecule is COC1(c2ccccc2)OC(=O)C=CC(=O)O1. The molecule has 1 aliphatic rings. The van der Waals surface area contributed by atoms with Gasteiger partial charge in [-0.2, -0.15) is 0 Å². The zero-order valence-corrected chi connectivity index (χ0v) is 9.08. The standard InChI is InChI=1S/C12H10O5/c1-15-12(9-5-3-2-4-6-9)16-10(13)7-8-11(14)17-12/h2-8H,1H3. The van der Waals surface area contributed by atoms with Gasteiger partial charge in [-0.25, -0.2) is 9.59 Å². The third kappa shape index (κ3) is 2.19. The molecule has 17 heavy (non-hydrogen) atoms. The van der Waals surface area contributed by atoms with Gasteiger partial charge in [0.15, 0.2) is 0 Å². The molecule has 0 saturated carbocycles. The van der Waals surface area contributed by atoms with Gasteiger partial charge in [0.25, 0.3) is 0 Å². The molecule has 0 amide bonds. The first-order valence-corrected chi connectivity index (χ1v) is 4.91. The third-order valence-electron chi connectivity index (χ3n) is 2.22. The smallest absolute Gasteiger partial charge is 0.391 e. The zero-order chi connectivity index (χ0) is 12.3. The second-order valence-corrected chi connectivity index (χ2v) is 3.30. The molecule has 0 bridgehead atoms. The van der Waals surface area contributed by atoms with Crippen molar-refractivity contribution in [2.75, 3.05) is 7.11 Å². The summed E-state index contributed by atoms with van der Waals surface area (Å²) in [6.07, 6.45) is 1.98. The van der Waals surface area contributed by atoms with Crippen LogP contribution in [0.5, 0.6) is 0 Å². The van der Waals surface area contributed by atoms with Crippen LogP contribution in [0.2, 0.25) is 0 Å². The molecule has 0 atom stereocenters. The lowest BCUT2D eigenvalue weighted by atomic mass is 10.2. The topological polar surface area (TPSA) is 61.8 Å². The minimum atomic E-state index is -1.82. The second-order valence-electron chi connectivity index (χ2n) is 3.30. The summed E-state index contributed by atoms with van der Waals surface area (Å²) >= 11 is 0. The Hall–Kier alpha value is -2.14. The van der Waals surface area contributed by atoms with Crippen molar-refractivity contribution in [2.45, 2.75) is 5.97 Å². The van der Waals surface area contributed by atoms with Gasteiger partial charge in [0.2, 0.25) is 0 Å². The number of carbonyl (C=O) groups is 2. The number of rotatable bonds is 2. The van der Waals surface area contributed by atoms with Gasteiger partial charge in [-0.05, 0) is 12.1 Å². The monoisotopic (exact) mass is 234 g/mol. The summed E-state index contributed by atoms with van der Waals surface area (Å²) in [5, 5.41) is 0. The van der Waals surface area contributed by atoms with Gasteiger partial charge in [-0.3, -0.25) is 0 Å². The van der Waals surface area contributed by atoms with Crippen LogP contribution in [0.25, 0.3) is 0 Å². The van der Waals surface area contributed by atoms with E-state index in [1.54, 1.807) is 30.3 Å². The number of benzene rings is 1. The van der Waals surface area contributed by atoms with Crippen molar-refractivity contribution < 1.29 is 23.8 Å². The van der Waals surface area contributed by atoms with Gasteiger partial charge in [-0.15, -0.1) is 0 Å². The molecule has 0 radical (unpaired) electrons. The second kappa shape index (κ2) is 4.39. The zero-order valence-electron chi connectivity index (χ0n) is 9.08. The van der Waals surface area contributed by atoms with Crippen LogP contribution in [-0.4, -0.2) is 19.0 Å². The molecule has 88 valence electrons. The number of carbonyl (C=O) groups excluding carboxylic acids is 2. The van der Waals surface area contributed by atoms with Crippen molar-refractivity contribution in [3.8, 4) is 0 Å². The number of methoxy groups -OCH3 is 1. The summed E-state index contributed by atoms with van der Waals surface area (Å²) < 4.78 is 15.1. The highest BCUT2D eigenvalue weighted by molar-refractivity contribution is 5.93. The molecule has 0 fully saturated rings. The van der Waals surface area contributed by atoms with Crippen molar-refractivity contribution in [3.63, 3.8) is 0 Å². The van der Waals surface area contributed by atoms with Gasteiger partial charge in [0.1, 0.15) is 0 Å². The largest absolute Gasteiger partial charge is 0.405 e. The Balaban J connectivity index is 2.43. The summed E-state index contributed by atoms with van der Waals surface area (Å²) in [4.78, 5) is 22.7. The molecule has 1 heterocycles. The van der Waals surface area contributed by atoms with Crippen molar-refractivity contribution in [2.24, 2.45) is 0 Å². The highest BCUT2D eigenvalue weighted by Crippen LogP contribution is 2.30. The highest BCUT2D eigenvalue weighted by atomic mass is 16.9. The number of ether oxygens (including phenoxy) is 3. The maximum absolute atomic E-state index is 11.4. The Morgan fingerprint density at radius 1 is 1.00 bits per heavy atom. The van der Waals surface area contributed by atoms with Gasteiger partial charge < -0.3 is 14.2 Å². The number of hydrogen-bond acceptors (Lipinski definition) is 5. The predicted octanol–water partition coefficient (Wildman–Crippen LogP) is 1.10. The molecule has 0 spiro atoms. The Morgan fingerprint density at radius 2 is 1.53 bits per heavy atom. The van der Waals surface area contributed by atoms with E-state index >= 15 is 0 Å². The van der Waals surface area contributed by atoms with Crippen LogP contribution >= 0.6 is 0 Å². The van der Waals surface area contributed by atoms with Gasteiger partial charge in [0.05, 0.1) is 5.56 Å². The van der Waals surface area contributed by atoms with E-state index in [1.165, 1.54) is 7.11 Å². The molecule has 1 aliphatic heterocycles. The molecule has 2 rings (SSSR count). The molecule has 0 aromatic heterocycles. The van der Waals surface area contributed by atoms with Crippen molar-refractivity contribution in [3.05, 3.63) is 48.0 Å². The van der Waals surface area contributed by atoms with Crippen molar-refractivity contribution in [1.29, 1.82) is 0 Å². The average Bonchev–Trinajstić information content (AvgIpc) is 2.51. The van der Waals surface area contributed by atoms with E-state index in [-0.39, 0.29) is 0 Å². The van der Waals surface area contributed by atoms with E-state index in [1.807, 2.05) is 0 Å². The summed E-state index contributed by atoms with van der Waals surface area (Å²) in [5.74, 6) is -3.23. The normalized spacial score (nSPS) is 18.2. The summed E-state index contributed by atoms with van der Waals surface area (Å²) in [5.41, 5.74) is 0.424. The quantitative estimate of drug-likeness (QED) is 0.717. The van der Waals surface area contributed by atoms with Gasteiger partial charge >= 0.3 is 17.9 Å². The van der Waals surface area contributed by atoms with Crippen LogP contribution < -0.4 is 0 Å². The lowest BCUT2D eigenvalue weighted by Crippen LogP contribution is -2.37. The van der Waals surface area contributed by atoms with E-state index in [2.05, 4.69) is 0 Å². The third-order valence-corrected chi connectivity index (χ3v) is 2.22. The molecule has 0 N–H and O–H groups in total. The van der Waals surface area contributed by atoms with Crippen LogP contribution in [0, 0.1) is 0 Å². The number of cyclic esters (lactones) is 2. The van der Waals surface area contributed by atoms with Crippen molar-refractivity contribution in [1.82, 2.24) is 0 Å². The van der Waals surface area contributed by atoms with Crippen molar-refractivity contribution >= 4 is 11.9 Å².